The molecule has 1 unspecified atom stereocenters. The summed E-state index contributed by atoms with van der Waals surface area (Å²) in [5, 5.41) is 0. The Morgan fingerprint density at radius 1 is 1.69 bits per heavy atom. The van der Waals surface area contributed by atoms with Crippen LogP contribution in [0.4, 0.5) is 0 Å². The van der Waals surface area contributed by atoms with Crippen molar-refractivity contribution < 1.29 is 4.79 Å². The third-order valence-corrected chi connectivity index (χ3v) is 2.55. The van der Waals surface area contributed by atoms with Crippen LogP contribution in [0.1, 0.15) is 26.2 Å². The largest absolute Gasteiger partial charge is 0.300 e. The van der Waals surface area contributed by atoms with Gasteiger partial charge in [-0.25, -0.2) is 4.79 Å². The third-order valence-electron chi connectivity index (χ3n) is 2.55. The van der Waals surface area contributed by atoms with E-state index in [1.165, 1.54) is 25.5 Å². The van der Waals surface area contributed by atoms with Gasteiger partial charge in [-0.2, -0.15) is 4.99 Å². The Labute approximate surface area is 79.1 Å². The second-order valence-electron chi connectivity index (χ2n) is 3.27. The molecule has 0 aromatic heterocycles. The molecule has 0 radical (unpaired) electrons. The van der Waals surface area contributed by atoms with E-state index in [4.69, 9.17) is 0 Å². The van der Waals surface area contributed by atoms with Gasteiger partial charge in [0, 0.05) is 12.2 Å². The van der Waals surface area contributed by atoms with Crippen LogP contribution in [0, 0.1) is 0 Å². The molecule has 1 heterocycles. The van der Waals surface area contributed by atoms with Gasteiger partial charge in [0.2, 0.25) is 6.08 Å². The highest BCUT2D eigenvalue weighted by Crippen LogP contribution is 2.19. The Hall–Kier alpha value is -0.920. The molecule has 3 heteroatoms. The van der Waals surface area contributed by atoms with Gasteiger partial charge in [-0.1, -0.05) is 13.0 Å². The van der Waals surface area contributed by atoms with Gasteiger partial charge in [0.05, 0.1) is 0 Å². The topological polar surface area (TPSA) is 32.7 Å². The summed E-state index contributed by atoms with van der Waals surface area (Å²) in [6.07, 6.45) is 8.54. The Morgan fingerprint density at radius 3 is 3.23 bits per heavy atom. The van der Waals surface area contributed by atoms with Crippen LogP contribution in [0.3, 0.4) is 0 Å². The summed E-state index contributed by atoms with van der Waals surface area (Å²) in [6, 6.07) is 0.656. The quantitative estimate of drug-likeness (QED) is 0.487. The van der Waals surface area contributed by atoms with E-state index in [9.17, 15) is 4.79 Å². The number of isocyanates is 1. The summed E-state index contributed by atoms with van der Waals surface area (Å²) in [7, 11) is 0. The molecule has 72 valence electrons. The molecule has 1 atom stereocenters. The van der Waals surface area contributed by atoms with Crippen molar-refractivity contribution in [2.24, 2.45) is 4.99 Å². The third kappa shape index (κ3) is 3.13. The molecule has 1 saturated heterocycles. The minimum Gasteiger partial charge on any atom is -0.300 e. The van der Waals surface area contributed by atoms with E-state index in [0.717, 1.165) is 13.0 Å². The van der Waals surface area contributed by atoms with E-state index in [1.54, 1.807) is 6.20 Å². The van der Waals surface area contributed by atoms with Crippen molar-refractivity contribution in [3.63, 3.8) is 0 Å². The standard InChI is InChI=1S/C10H16N2O/c1-2-12-8-4-6-10(12)5-3-7-11-9-13/h3,7,10H,2,4-6,8H2,1H3/b7-3-. The Balaban J connectivity index is 2.31. The lowest BCUT2D eigenvalue weighted by molar-refractivity contribution is 0.269. The maximum atomic E-state index is 9.77. The van der Waals surface area contributed by atoms with Crippen molar-refractivity contribution in [3.05, 3.63) is 12.3 Å². The lowest BCUT2D eigenvalue weighted by Gasteiger charge is -2.20. The van der Waals surface area contributed by atoms with Crippen LogP contribution < -0.4 is 0 Å². The van der Waals surface area contributed by atoms with Gasteiger partial charge in [-0.05, 0) is 32.4 Å². The van der Waals surface area contributed by atoms with Gasteiger partial charge < -0.3 is 4.90 Å². The molecule has 0 spiro atoms. The van der Waals surface area contributed by atoms with E-state index >= 15 is 0 Å². The van der Waals surface area contributed by atoms with Crippen molar-refractivity contribution in [2.75, 3.05) is 13.1 Å². The fourth-order valence-corrected chi connectivity index (χ4v) is 1.88. The first-order valence-electron chi connectivity index (χ1n) is 4.84. The smallest absolute Gasteiger partial charge is 0.239 e. The van der Waals surface area contributed by atoms with Crippen molar-refractivity contribution >= 4 is 6.08 Å². The molecular weight excluding hydrogens is 164 g/mol. The van der Waals surface area contributed by atoms with E-state index in [-0.39, 0.29) is 0 Å². The second-order valence-corrected chi connectivity index (χ2v) is 3.27. The number of rotatable bonds is 4. The van der Waals surface area contributed by atoms with Gasteiger partial charge in [0.1, 0.15) is 0 Å². The molecule has 1 aliphatic rings. The van der Waals surface area contributed by atoms with Gasteiger partial charge in [0.25, 0.3) is 0 Å². The van der Waals surface area contributed by atoms with Crippen LogP contribution in [0.5, 0.6) is 0 Å². The van der Waals surface area contributed by atoms with Crippen LogP contribution in [-0.4, -0.2) is 30.1 Å². The highest BCUT2D eigenvalue weighted by molar-refractivity contribution is 5.34. The zero-order valence-electron chi connectivity index (χ0n) is 8.07. The lowest BCUT2D eigenvalue weighted by atomic mass is 10.1. The minimum absolute atomic E-state index is 0.656. The fourth-order valence-electron chi connectivity index (χ4n) is 1.88. The molecule has 13 heavy (non-hydrogen) atoms. The van der Waals surface area contributed by atoms with Crippen LogP contribution in [-0.2, 0) is 4.79 Å². The van der Waals surface area contributed by atoms with E-state index in [0.29, 0.717) is 6.04 Å². The van der Waals surface area contributed by atoms with Gasteiger partial charge >= 0.3 is 0 Å². The predicted molar refractivity (Wildman–Crippen MR) is 52.1 cm³/mol. The number of carbonyl (C=O) groups excluding carboxylic acids is 1. The molecular formula is C10H16N2O. The summed E-state index contributed by atoms with van der Waals surface area (Å²) < 4.78 is 0. The van der Waals surface area contributed by atoms with Gasteiger partial charge in [0.15, 0.2) is 0 Å². The zero-order chi connectivity index (χ0) is 9.52. The van der Waals surface area contributed by atoms with Gasteiger partial charge in [-0.3, -0.25) is 0 Å². The first-order valence-corrected chi connectivity index (χ1v) is 4.84. The van der Waals surface area contributed by atoms with Crippen LogP contribution in [0.15, 0.2) is 17.3 Å². The number of aliphatic imine (C=N–C) groups is 1. The SMILES string of the molecule is CCN1CCCC1C/C=C\N=C=O. The number of nitrogens with zero attached hydrogens (tertiary/aromatic N) is 2. The molecule has 0 N–H and O–H groups in total. The molecule has 0 saturated carbocycles. The first kappa shape index (κ1) is 10.2. The maximum absolute atomic E-state index is 9.77. The van der Waals surface area contributed by atoms with Crippen molar-refractivity contribution in [1.82, 2.24) is 4.90 Å². The Morgan fingerprint density at radius 2 is 2.54 bits per heavy atom. The summed E-state index contributed by atoms with van der Waals surface area (Å²) >= 11 is 0. The summed E-state index contributed by atoms with van der Waals surface area (Å²) in [5.74, 6) is 0. The van der Waals surface area contributed by atoms with E-state index in [1.807, 2.05) is 6.08 Å². The van der Waals surface area contributed by atoms with E-state index in [2.05, 4.69) is 16.8 Å². The monoisotopic (exact) mass is 180 g/mol. The summed E-state index contributed by atoms with van der Waals surface area (Å²) in [6.45, 7) is 4.52. The predicted octanol–water partition coefficient (Wildman–Crippen LogP) is 1.71. The molecule has 0 amide bonds. The summed E-state index contributed by atoms with van der Waals surface area (Å²) in [5.41, 5.74) is 0. The van der Waals surface area contributed by atoms with Gasteiger partial charge in [-0.15, -0.1) is 0 Å². The minimum atomic E-state index is 0.656. The molecule has 1 aliphatic heterocycles. The lowest BCUT2D eigenvalue weighted by Crippen LogP contribution is -2.28. The zero-order valence-corrected chi connectivity index (χ0v) is 8.07. The van der Waals surface area contributed by atoms with Crippen LogP contribution in [0.2, 0.25) is 0 Å². The second kappa shape index (κ2) is 5.68. The molecule has 0 bridgehead atoms. The van der Waals surface area contributed by atoms with Crippen molar-refractivity contribution in [3.8, 4) is 0 Å². The highest BCUT2D eigenvalue weighted by Gasteiger charge is 2.20. The highest BCUT2D eigenvalue weighted by atomic mass is 16.1. The number of likely N-dealkylation sites (tertiary alicyclic amines) is 1. The average Bonchev–Trinajstić information content (AvgIpc) is 2.60. The number of hydrogen-bond donors (Lipinski definition) is 0. The van der Waals surface area contributed by atoms with Crippen molar-refractivity contribution in [2.45, 2.75) is 32.2 Å². The Kier molecular flexibility index (Phi) is 4.44. The first-order chi connectivity index (χ1) is 6.38. The molecule has 0 aliphatic carbocycles. The van der Waals surface area contributed by atoms with Crippen molar-refractivity contribution in [1.29, 1.82) is 0 Å². The molecule has 1 fully saturated rings. The van der Waals surface area contributed by atoms with Crippen LogP contribution >= 0.6 is 0 Å². The fraction of sp³-hybridized carbons (Fsp3) is 0.700. The molecule has 3 nitrogen and oxygen atoms in total. The molecule has 0 aromatic carbocycles. The normalized spacial score (nSPS) is 23.6. The molecule has 0 aromatic rings. The van der Waals surface area contributed by atoms with Crippen LogP contribution in [0.25, 0.3) is 0 Å². The van der Waals surface area contributed by atoms with E-state index < -0.39 is 0 Å². The average molecular weight is 180 g/mol. The number of hydrogen-bond acceptors (Lipinski definition) is 3. The Bertz CT molecular complexity index is 219. The maximum Gasteiger partial charge on any atom is 0.239 e. The molecule has 1 rings (SSSR count). The summed E-state index contributed by atoms with van der Waals surface area (Å²) in [4.78, 5) is 15.6.